The van der Waals surface area contributed by atoms with E-state index < -0.39 is 11.4 Å². The maximum absolute atomic E-state index is 11.7. The van der Waals surface area contributed by atoms with Crippen molar-refractivity contribution in [1.82, 2.24) is 0 Å². The molecule has 2 nitrogen and oxygen atoms in total. The number of rotatable bonds is 2. The van der Waals surface area contributed by atoms with Gasteiger partial charge < -0.3 is 5.11 Å². The standard InChI is InChI=1S/C15H18O2/c16-14(17)15(7-3-4-8-15)13-9-11-5-1-2-6-12(11)10-13/h1-2,5-6,13H,3-4,7-10H2,(H,16,17). The van der Waals surface area contributed by atoms with E-state index in [4.69, 9.17) is 0 Å². The molecule has 1 fully saturated rings. The first kappa shape index (κ1) is 10.8. The van der Waals surface area contributed by atoms with Crippen LogP contribution in [0, 0.1) is 11.3 Å². The van der Waals surface area contributed by atoms with E-state index in [9.17, 15) is 9.90 Å². The highest BCUT2D eigenvalue weighted by Crippen LogP contribution is 2.49. The third kappa shape index (κ3) is 1.58. The zero-order valence-corrected chi connectivity index (χ0v) is 9.98. The van der Waals surface area contributed by atoms with Gasteiger partial charge in [-0.2, -0.15) is 0 Å². The van der Waals surface area contributed by atoms with E-state index in [-0.39, 0.29) is 0 Å². The Morgan fingerprint density at radius 1 is 1.12 bits per heavy atom. The first-order chi connectivity index (χ1) is 8.22. The molecule has 90 valence electrons. The van der Waals surface area contributed by atoms with Gasteiger partial charge in [-0.05, 0) is 42.7 Å². The maximum atomic E-state index is 11.7. The van der Waals surface area contributed by atoms with Gasteiger partial charge in [0.15, 0.2) is 0 Å². The van der Waals surface area contributed by atoms with Gasteiger partial charge in [-0.15, -0.1) is 0 Å². The number of carbonyl (C=O) groups is 1. The van der Waals surface area contributed by atoms with Gasteiger partial charge in [-0.3, -0.25) is 4.79 Å². The smallest absolute Gasteiger partial charge is 0.309 e. The molecule has 1 aromatic rings. The lowest BCUT2D eigenvalue weighted by Crippen LogP contribution is -2.36. The van der Waals surface area contributed by atoms with Gasteiger partial charge in [0, 0.05) is 0 Å². The van der Waals surface area contributed by atoms with Gasteiger partial charge in [0.25, 0.3) is 0 Å². The lowest BCUT2D eigenvalue weighted by molar-refractivity contribution is -0.152. The van der Waals surface area contributed by atoms with Gasteiger partial charge in [0.05, 0.1) is 5.41 Å². The molecule has 0 unspecified atom stereocenters. The Hall–Kier alpha value is -1.31. The molecule has 0 aliphatic heterocycles. The van der Waals surface area contributed by atoms with Crippen molar-refractivity contribution in [3.8, 4) is 0 Å². The summed E-state index contributed by atoms with van der Waals surface area (Å²) in [6, 6.07) is 8.42. The van der Waals surface area contributed by atoms with Crippen LogP contribution in [0.3, 0.4) is 0 Å². The molecule has 1 N–H and O–H groups in total. The van der Waals surface area contributed by atoms with Crippen LogP contribution in [-0.4, -0.2) is 11.1 Å². The summed E-state index contributed by atoms with van der Waals surface area (Å²) in [7, 11) is 0. The Bertz CT molecular complexity index is 419. The first-order valence-electron chi connectivity index (χ1n) is 6.52. The van der Waals surface area contributed by atoms with Gasteiger partial charge in [0.2, 0.25) is 0 Å². The van der Waals surface area contributed by atoms with Crippen LogP contribution in [0.5, 0.6) is 0 Å². The predicted molar refractivity (Wildman–Crippen MR) is 65.9 cm³/mol. The zero-order valence-electron chi connectivity index (χ0n) is 9.98. The number of fused-ring (bicyclic) bond motifs is 1. The van der Waals surface area contributed by atoms with Crippen LogP contribution in [-0.2, 0) is 17.6 Å². The molecular weight excluding hydrogens is 212 g/mol. The van der Waals surface area contributed by atoms with Crippen molar-refractivity contribution >= 4 is 5.97 Å². The quantitative estimate of drug-likeness (QED) is 0.847. The number of carboxylic acid groups (broad SMARTS) is 1. The molecule has 0 bridgehead atoms. The van der Waals surface area contributed by atoms with Crippen molar-refractivity contribution < 1.29 is 9.90 Å². The number of aliphatic carboxylic acids is 1. The highest BCUT2D eigenvalue weighted by molar-refractivity contribution is 5.75. The molecule has 0 amide bonds. The van der Waals surface area contributed by atoms with E-state index >= 15 is 0 Å². The molecule has 0 saturated heterocycles. The molecular formula is C15H18O2. The number of benzene rings is 1. The fourth-order valence-electron chi connectivity index (χ4n) is 3.75. The normalized spacial score (nSPS) is 22.6. The average Bonchev–Trinajstić information content (AvgIpc) is 2.96. The van der Waals surface area contributed by atoms with E-state index in [1.165, 1.54) is 11.1 Å². The van der Waals surface area contributed by atoms with E-state index in [0.717, 1.165) is 38.5 Å². The second-order valence-electron chi connectivity index (χ2n) is 5.54. The van der Waals surface area contributed by atoms with Crippen LogP contribution in [0.2, 0.25) is 0 Å². The largest absolute Gasteiger partial charge is 0.481 e. The summed E-state index contributed by atoms with van der Waals surface area (Å²) in [5, 5.41) is 9.60. The summed E-state index contributed by atoms with van der Waals surface area (Å²) in [5.41, 5.74) is 2.30. The van der Waals surface area contributed by atoms with Crippen LogP contribution in [0.1, 0.15) is 36.8 Å². The summed E-state index contributed by atoms with van der Waals surface area (Å²) in [5.74, 6) is -0.243. The summed E-state index contributed by atoms with van der Waals surface area (Å²) < 4.78 is 0. The predicted octanol–water partition coefficient (Wildman–Crippen LogP) is 3.05. The molecule has 0 spiro atoms. The van der Waals surface area contributed by atoms with Crippen molar-refractivity contribution in [2.24, 2.45) is 11.3 Å². The van der Waals surface area contributed by atoms with E-state index in [0.29, 0.717) is 5.92 Å². The number of carboxylic acids is 1. The molecule has 0 atom stereocenters. The van der Waals surface area contributed by atoms with Crippen LogP contribution in [0.4, 0.5) is 0 Å². The average molecular weight is 230 g/mol. The third-order valence-corrected chi connectivity index (χ3v) is 4.75. The van der Waals surface area contributed by atoms with Crippen LogP contribution in [0.15, 0.2) is 24.3 Å². The minimum atomic E-state index is -0.562. The number of hydrogen-bond acceptors (Lipinski definition) is 1. The zero-order chi connectivity index (χ0) is 11.9. The Morgan fingerprint density at radius 2 is 1.65 bits per heavy atom. The Morgan fingerprint density at radius 3 is 2.12 bits per heavy atom. The molecule has 0 radical (unpaired) electrons. The fourth-order valence-corrected chi connectivity index (χ4v) is 3.75. The summed E-state index contributed by atoms with van der Waals surface area (Å²) in [6.07, 6.45) is 5.84. The molecule has 1 aromatic carbocycles. The molecule has 2 heteroatoms. The van der Waals surface area contributed by atoms with Crippen molar-refractivity contribution in [3.63, 3.8) is 0 Å². The van der Waals surface area contributed by atoms with Crippen molar-refractivity contribution in [1.29, 1.82) is 0 Å². The van der Waals surface area contributed by atoms with E-state index in [1.807, 2.05) is 0 Å². The van der Waals surface area contributed by atoms with E-state index in [2.05, 4.69) is 24.3 Å². The summed E-state index contributed by atoms with van der Waals surface area (Å²) >= 11 is 0. The van der Waals surface area contributed by atoms with Crippen LogP contribution < -0.4 is 0 Å². The fraction of sp³-hybridized carbons (Fsp3) is 0.533. The van der Waals surface area contributed by atoms with Crippen molar-refractivity contribution in [2.75, 3.05) is 0 Å². The second-order valence-corrected chi connectivity index (χ2v) is 5.54. The first-order valence-corrected chi connectivity index (χ1v) is 6.52. The lowest BCUT2D eigenvalue weighted by Gasteiger charge is -2.30. The third-order valence-electron chi connectivity index (χ3n) is 4.75. The van der Waals surface area contributed by atoms with Gasteiger partial charge in [-0.1, -0.05) is 37.1 Å². The topological polar surface area (TPSA) is 37.3 Å². The van der Waals surface area contributed by atoms with Crippen LogP contribution in [0.25, 0.3) is 0 Å². The molecule has 17 heavy (non-hydrogen) atoms. The number of hydrogen-bond donors (Lipinski definition) is 1. The second kappa shape index (κ2) is 3.86. The summed E-state index contributed by atoms with van der Waals surface area (Å²) in [4.78, 5) is 11.7. The monoisotopic (exact) mass is 230 g/mol. The van der Waals surface area contributed by atoms with Gasteiger partial charge in [0.1, 0.15) is 0 Å². The van der Waals surface area contributed by atoms with E-state index in [1.54, 1.807) is 0 Å². The Balaban J connectivity index is 1.90. The van der Waals surface area contributed by atoms with Crippen molar-refractivity contribution in [2.45, 2.75) is 38.5 Å². The minimum absolute atomic E-state index is 0.319. The molecule has 2 aliphatic rings. The molecule has 3 rings (SSSR count). The molecule has 0 heterocycles. The molecule has 0 aromatic heterocycles. The SMILES string of the molecule is O=C(O)C1(C2Cc3ccccc3C2)CCCC1. The van der Waals surface area contributed by atoms with Gasteiger partial charge >= 0.3 is 5.97 Å². The van der Waals surface area contributed by atoms with Gasteiger partial charge in [-0.25, -0.2) is 0 Å². The maximum Gasteiger partial charge on any atom is 0.309 e. The van der Waals surface area contributed by atoms with Crippen LogP contribution >= 0.6 is 0 Å². The summed E-state index contributed by atoms with van der Waals surface area (Å²) in [6.45, 7) is 0. The highest BCUT2D eigenvalue weighted by atomic mass is 16.4. The Labute approximate surface area is 102 Å². The Kier molecular flexibility index (Phi) is 2.46. The molecule has 2 aliphatic carbocycles. The highest BCUT2D eigenvalue weighted by Gasteiger charge is 2.49. The minimum Gasteiger partial charge on any atom is -0.481 e. The lowest BCUT2D eigenvalue weighted by atomic mass is 9.72. The molecule has 1 saturated carbocycles. The van der Waals surface area contributed by atoms with Crippen molar-refractivity contribution in [3.05, 3.63) is 35.4 Å².